The fourth-order valence-electron chi connectivity index (χ4n) is 2.75. The summed E-state index contributed by atoms with van der Waals surface area (Å²) in [6, 6.07) is 7.64. The van der Waals surface area contributed by atoms with E-state index in [-0.39, 0.29) is 5.69 Å². The Kier molecular flexibility index (Phi) is 5.93. The van der Waals surface area contributed by atoms with Gasteiger partial charge in [-0.25, -0.2) is 0 Å². The molecule has 2 rings (SSSR count). The van der Waals surface area contributed by atoms with Gasteiger partial charge in [0.15, 0.2) is 0 Å². The first-order valence-corrected chi connectivity index (χ1v) is 8.36. The molecule has 0 spiro atoms. The monoisotopic (exact) mass is 378 g/mol. The summed E-state index contributed by atoms with van der Waals surface area (Å²) in [7, 11) is 0. The van der Waals surface area contributed by atoms with Crippen LogP contribution >= 0.6 is 0 Å². The first-order chi connectivity index (χ1) is 12.5. The third-order valence-corrected chi connectivity index (χ3v) is 4.35. The van der Waals surface area contributed by atoms with Crippen LogP contribution in [0.4, 0.5) is 18.9 Å². The van der Waals surface area contributed by atoms with Crippen molar-refractivity contribution in [2.24, 2.45) is 0 Å². The van der Waals surface area contributed by atoms with Crippen molar-refractivity contribution in [1.82, 2.24) is 5.32 Å². The summed E-state index contributed by atoms with van der Waals surface area (Å²) in [5.41, 5.74) is 3.03. The molecular weight excluding hydrogens is 357 g/mol. The molecule has 1 atom stereocenters. The fraction of sp³-hybridized carbons (Fsp3) is 0.300. The summed E-state index contributed by atoms with van der Waals surface area (Å²) in [5.74, 6) is -1.94. The summed E-state index contributed by atoms with van der Waals surface area (Å²) in [6.07, 6.45) is -4.53. The van der Waals surface area contributed by atoms with Gasteiger partial charge in [-0.1, -0.05) is 18.2 Å². The molecule has 0 aliphatic heterocycles. The van der Waals surface area contributed by atoms with Gasteiger partial charge >= 0.3 is 18.0 Å². The maximum Gasteiger partial charge on any atom is 0.416 e. The van der Waals surface area contributed by atoms with Crippen LogP contribution in [0.25, 0.3) is 0 Å². The van der Waals surface area contributed by atoms with E-state index >= 15 is 0 Å². The number of amides is 2. The fourth-order valence-corrected chi connectivity index (χ4v) is 2.75. The highest BCUT2D eigenvalue weighted by Crippen LogP contribution is 2.30. The maximum absolute atomic E-state index is 12.7. The van der Waals surface area contributed by atoms with E-state index in [1.54, 1.807) is 6.92 Å². The molecule has 2 amide bonds. The molecule has 0 heterocycles. The molecule has 0 saturated heterocycles. The highest BCUT2D eigenvalue weighted by molar-refractivity contribution is 6.39. The summed E-state index contributed by atoms with van der Waals surface area (Å²) in [6.45, 7) is 7.59. The molecule has 0 aromatic heterocycles. The molecule has 0 aliphatic rings. The summed E-state index contributed by atoms with van der Waals surface area (Å²) >= 11 is 0. The van der Waals surface area contributed by atoms with Crippen molar-refractivity contribution in [2.45, 2.75) is 39.9 Å². The van der Waals surface area contributed by atoms with Gasteiger partial charge in [-0.15, -0.1) is 0 Å². The largest absolute Gasteiger partial charge is 0.416 e. The van der Waals surface area contributed by atoms with Crippen LogP contribution < -0.4 is 10.6 Å². The van der Waals surface area contributed by atoms with E-state index in [4.69, 9.17) is 0 Å². The van der Waals surface area contributed by atoms with Crippen molar-refractivity contribution in [1.29, 1.82) is 0 Å². The second kappa shape index (κ2) is 7.82. The number of benzene rings is 2. The van der Waals surface area contributed by atoms with Gasteiger partial charge < -0.3 is 10.6 Å². The van der Waals surface area contributed by atoms with Crippen molar-refractivity contribution < 1.29 is 22.8 Å². The number of carbonyl (C=O) groups excluding carboxylic acids is 2. The Morgan fingerprint density at radius 3 is 2.19 bits per heavy atom. The molecule has 0 saturated carbocycles. The summed E-state index contributed by atoms with van der Waals surface area (Å²) in [5, 5.41) is 4.77. The minimum atomic E-state index is -4.53. The lowest BCUT2D eigenvalue weighted by molar-refractivity contribution is -0.137. The third kappa shape index (κ3) is 5.09. The minimum Gasteiger partial charge on any atom is -0.341 e. The molecule has 0 bridgehead atoms. The lowest BCUT2D eigenvalue weighted by Crippen LogP contribution is -2.37. The summed E-state index contributed by atoms with van der Waals surface area (Å²) < 4.78 is 38.2. The molecule has 7 heteroatoms. The van der Waals surface area contributed by atoms with Crippen LogP contribution in [0.1, 0.15) is 40.8 Å². The standard InChI is InChI=1S/C20H21F3N2O2/c1-11-8-13(3)17(9-12(11)2)14(4)24-18(26)19(27)25-16-7-5-6-15(10-16)20(21,22)23/h5-10,14H,1-4H3,(H,24,26)(H,25,27)/t14-/m1/s1. The number of halogens is 3. The number of anilines is 1. The molecule has 0 fully saturated rings. The van der Waals surface area contributed by atoms with E-state index < -0.39 is 29.6 Å². The molecule has 0 radical (unpaired) electrons. The molecule has 2 aromatic rings. The Balaban J connectivity index is 2.08. The van der Waals surface area contributed by atoms with E-state index in [1.165, 1.54) is 6.07 Å². The number of hydrogen-bond acceptors (Lipinski definition) is 2. The molecule has 4 nitrogen and oxygen atoms in total. The lowest BCUT2D eigenvalue weighted by atomic mass is 9.96. The van der Waals surface area contributed by atoms with E-state index in [0.29, 0.717) is 0 Å². The quantitative estimate of drug-likeness (QED) is 0.776. The van der Waals surface area contributed by atoms with E-state index in [9.17, 15) is 22.8 Å². The average Bonchev–Trinajstić information content (AvgIpc) is 2.57. The van der Waals surface area contributed by atoms with Gasteiger partial charge in [0.2, 0.25) is 0 Å². The predicted octanol–water partition coefficient (Wildman–Crippen LogP) is 4.45. The van der Waals surface area contributed by atoms with Crippen molar-refractivity contribution in [2.75, 3.05) is 5.32 Å². The van der Waals surface area contributed by atoms with Gasteiger partial charge in [0.05, 0.1) is 11.6 Å². The van der Waals surface area contributed by atoms with Gasteiger partial charge in [0.25, 0.3) is 0 Å². The number of rotatable bonds is 3. The summed E-state index contributed by atoms with van der Waals surface area (Å²) in [4.78, 5) is 24.2. The number of carbonyl (C=O) groups is 2. The highest BCUT2D eigenvalue weighted by atomic mass is 19.4. The lowest BCUT2D eigenvalue weighted by Gasteiger charge is -2.18. The molecule has 2 aromatic carbocycles. The first-order valence-electron chi connectivity index (χ1n) is 8.36. The Hall–Kier alpha value is -2.83. The van der Waals surface area contributed by atoms with Gasteiger partial charge in [0.1, 0.15) is 0 Å². The first kappa shape index (κ1) is 20.5. The highest BCUT2D eigenvalue weighted by Gasteiger charge is 2.30. The van der Waals surface area contributed by atoms with E-state index in [1.807, 2.05) is 32.9 Å². The van der Waals surface area contributed by atoms with Crippen LogP contribution in [0.3, 0.4) is 0 Å². The van der Waals surface area contributed by atoms with E-state index in [0.717, 1.165) is 40.5 Å². The second-order valence-corrected chi connectivity index (χ2v) is 6.52. The molecule has 0 unspecified atom stereocenters. The number of hydrogen-bond donors (Lipinski definition) is 2. The Morgan fingerprint density at radius 1 is 0.926 bits per heavy atom. The maximum atomic E-state index is 12.7. The Labute approximate surface area is 155 Å². The van der Waals surface area contributed by atoms with E-state index in [2.05, 4.69) is 10.6 Å². The van der Waals surface area contributed by atoms with Crippen molar-refractivity contribution in [3.05, 3.63) is 64.2 Å². The SMILES string of the molecule is Cc1cc(C)c([C@@H](C)NC(=O)C(=O)Nc2cccc(C(F)(F)F)c2)cc1C. The second-order valence-electron chi connectivity index (χ2n) is 6.52. The predicted molar refractivity (Wildman–Crippen MR) is 97.3 cm³/mol. The average molecular weight is 378 g/mol. The van der Waals surface area contributed by atoms with Crippen LogP contribution in [0.5, 0.6) is 0 Å². The van der Waals surface area contributed by atoms with Gasteiger partial charge in [-0.2, -0.15) is 13.2 Å². The van der Waals surface area contributed by atoms with Crippen molar-refractivity contribution in [3.8, 4) is 0 Å². The van der Waals surface area contributed by atoms with Crippen LogP contribution in [-0.4, -0.2) is 11.8 Å². The molecule has 27 heavy (non-hydrogen) atoms. The molecule has 2 N–H and O–H groups in total. The van der Waals surface area contributed by atoms with Crippen LogP contribution in [0, 0.1) is 20.8 Å². The number of aryl methyl sites for hydroxylation is 3. The van der Waals surface area contributed by atoms with Crippen molar-refractivity contribution in [3.63, 3.8) is 0 Å². The van der Waals surface area contributed by atoms with Gasteiger partial charge in [-0.05, 0) is 68.1 Å². The normalized spacial score (nSPS) is 12.4. The Bertz CT molecular complexity index is 876. The zero-order valence-corrected chi connectivity index (χ0v) is 15.5. The Morgan fingerprint density at radius 2 is 1.56 bits per heavy atom. The van der Waals surface area contributed by atoms with Crippen LogP contribution in [0.15, 0.2) is 36.4 Å². The van der Waals surface area contributed by atoms with Crippen LogP contribution in [-0.2, 0) is 15.8 Å². The van der Waals surface area contributed by atoms with Gasteiger partial charge in [-0.3, -0.25) is 9.59 Å². The van der Waals surface area contributed by atoms with Gasteiger partial charge in [0, 0.05) is 5.69 Å². The number of alkyl halides is 3. The number of nitrogens with one attached hydrogen (secondary N) is 2. The minimum absolute atomic E-state index is 0.0972. The molecular formula is C20H21F3N2O2. The topological polar surface area (TPSA) is 58.2 Å². The molecule has 0 aliphatic carbocycles. The zero-order valence-electron chi connectivity index (χ0n) is 15.5. The van der Waals surface area contributed by atoms with Crippen molar-refractivity contribution >= 4 is 17.5 Å². The molecule has 144 valence electrons. The third-order valence-electron chi connectivity index (χ3n) is 4.35. The zero-order chi connectivity index (χ0) is 20.4. The van der Waals surface area contributed by atoms with Crippen LogP contribution in [0.2, 0.25) is 0 Å². The smallest absolute Gasteiger partial charge is 0.341 e.